The molecule has 1 aromatic rings. The molecule has 0 saturated carbocycles. The molecule has 1 aromatic carbocycles. The van der Waals surface area contributed by atoms with Gasteiger partial charge in [-0.2, -0.15) is 0 Å². The Kier molecular flexibility index (Phi) is 5.66. The van der Waals surface area contributed by atoms with E-state index in [0.29, 0.717) is 13.0 Å². The van der Waals surface area contributed by atoms with E-state index in [1.807, 2.05) is 13.8 Å². The van der Waals surface area contributed by atoms with E-state index in [1.165, 1.54) is 18.2 Å². The Bertz CT molecular complexity index is 529. The van der Waals surface area contributed by atoms with Crippen molar-refractivity contribution >= 4 is 17.3 Å². The number of hydrogen-bond donors (Lipinski definition) is 3. The van der Waals surface area contributed by atoms with Gasteiger partial charge >= 0.3 is 0 Å². The fourth-order valence-corrected chi connectivity index (χ4v) is 1.97. The van der Waals surface area contributed by atoms with Crippen molar-refractivity contribution in [1.82, 2.24) is 0 Å². The van der Waals surface area contributed by atoms with Gasteiger partial charge in [0.05, 0.1) is 4.92 Å². The molecule has 7 nitrogen and oxygen atoms in total. The van der Waals surface area contributed by atoms with E-state index >= 15 is 0 Å². The normalized spacial score (nSPS) is 11.2. The summed E-state index contributed by atoms with van der Waals surface area (Å²) in [5.41, 5.74) is 5.44. The Morgan fingerprint density at radius 3 is 2.67 bits per heavy atom. The van der Waals surface area contributed by atoms with Crippen LogP contribution in [-0.2, 0) is 0 Å². The van der Waals surface area contributed by atoms with E-state index in [9.17, 15) is 14.9 Å². The van der Waals surface area contributed by atoms with Crippen LogP contribution in [0.4, 0.5) is 11.4 Å². The maximum absolute atomic E-state index is 11.2. The van der Waals surface area contributed by atoms with E-state index in [4.69, 9.17) is 10.8 Å². The molecule has 0 heterocycles. The summed E-state index contributed by atoms with van der Waals surface area (Å²) in [5.74, 6) is -0.632. The third-order valence-electron chi connectivity index (χ3n) is 3.25. The third kappa shape index (κ3) is 5.03. The molecule has 1 amide bonds. The number of nitrogens with one attached hydrogen (secondary N) is 1. The zero-order chi connectivity index (χ0) is 16.0. The van der Waals surface area contributed by atoms with Gasteiger partial charge in [-0.1, -0.05) is 13.8 Å². The highest BCUT2D eigenvalue weighted by atomic mass is 16.6. The number of aliphatic hydroxyl groups is 1. The minimum Gasteiger partial charge on any atom is -0.396 e. The summed E-state index contributed by atoms with van der Waals surface area (Å²) in [6.07, 6.45) is 1.44. The zero-order valence-corrected chi connectivity index (χ0v) is 12.3. The molecule has 0 aromatic heterocycles. The Morgan fingerprint density at radius 1 is 1.48 bits per heavy atom. The largest absolute Gasteiger partial charge is 0.396 e. The van der Waals surface area contributed by atoms with E-state index in [2.05, 4.69) is 5.32 Å². The van der Waals surface area contributed by atoms with Gasteiger partial charge in [0.15, 0.2) is 0 Å². The maximum atomic E-state index is 11.2. The Morgan fingerprint density at radius 2 is 2.14 bits per heavy atom. The summed E-state index contributed by atoms with van der Waals surface area (Å²) >= 11 is 0. The van der Waals surface area contributed by atoms with Gasteiger partial charge in [0.25, 0.3) is 5.69 Å². The lowest BCUT2D eigenvalue weighted by Crippen LogP contribution is -2.24. The number of anilines is 1. The fourth-order valence-electron chi connectivity index (χ4n) is 1.97. The van der Waals surface area contributed by atoms with Gasteiger partial charge < -0.3 is 16.2 Å². The molecular formula is C14H21N3O4. The topological polar surface area (TPSA) is 118 Å². The second-order valence-corrected chi connectivity index (χ2v) is 5.70. The van der Waals surface area contributed by atoms with E-state index < -0.39 is 10.8 Å². The van der Waals surface area contributed by atoms with Crippen molar-refractivity contribution in [1.29, 1.82) is 0 Å². The van der Waals surface area contributed by atoms with Gasteiger partial charge in [-0.15, -0.1) is 0 Å². The van der Waals surface area contributed by atoms with Crippen LogP contribution < -0.4 is 11.1 Å². The number of nitrogens with zero attached hydrogens (tertiary/aromatic N) is 1. The quantitative estimate of drug-likeness (QED) is 0.500. The van der Waals surface area contributed by atoms with E-state index in [0.717, 1.165) is 6.42 Å². The minimum absolute atomic E-state index is 0.0991. The number of nitro groups is 1. The predicted octanol–water partition coefficient (Wildman–Crippen LogP) is 1.90. The van der Waals surface area contributed by atoms with Crippen molar-refractivity contribution in [3.63, 3.8) is 0 Å². The van der Waals surface area contributed by atoms with Crippen LogP contribution >= 0.6 is 0 Å². The van der Waals surface area contributed by atoms with Gasteiger partial charge in [-0.3, -0.25) is 14.9 Å². The van der Waals surface area contributed by atoms with Crippen LogP contribution in [0.1, 0.15) is 37.0 Å². The zero-order valence-electron chi connectivity index (χ0n) is 12.3. The van der Waals surface area contributed by atoms with Gasteiger partial charge in [-0.25, -0.2) is 0 Å². The van der Waals surface area contributed by atoms with Crippen LogP contribution in [0.25, 0.3) is 0 Å². The Labute approximate surface area is 123 Å². The van der Waals surface area contributed by atoms with Gasteiger partial charge in [0.2, 0.25) is 5.91 Å². The summed E-state index contributed by atoms with van der Waals surface area (Å²) in [6, 6.07) is 3.99. The second-order valence-electron chi connectivity index (χ2n) is 5.70. The van der Waals surface area contributed by atoms with E-state index in [1.54, 1.807) is 0 Å². The number of primary amides is 1. The highest BCUT2D eigenvalue weighted by Crippen LogP contribution is 2.28. The first-order valence-corrected chi connectivity index (χ1v) is 6.70. The Balaban J connectivity index is 2.92. The highest BCUT2D eigenvalue weighted by molar-refractivity contribution is 5.94. The van der Waals surface area contributed by atoms with Gasteiger partial charge in [-0.05, 0) is 30.4 Å². The van der Waals surface area contributed by atoms with Crippen molar-refractivity contribution < 1.29 is 14.8 Å². The fraction of sp³-hybridized carbons (Fsp3) is 0.500. The number of hydrogen-bond acceptors (Lipinski definition) is 5. The molecule has 0 saturated heterocycles. The van der Waals surface area contributed by atoms with Crippen molar-refractivity contribution in [3.8, 4) is 0 Å². The SMILES string of the molecule is CC(C)(CCCO)CNc1cc(C(N)=O)ccc1[N+](=O)[O-]. The average Bonchev–Trinajstić information content (AvgIpc) is 2.42. The second kappa shape index (κ2) is 7.03. The molecule has 1 rings (SSSR count). The molecule has 116 valence electrons. The summed E-state index contributed by atoms with van der Waals surface area (Å²) < 4.78 is 0. The van der Waals surface area contributed by atoms with Gasteiger partial charge in [0, 0.05) is 24.8 Å². The number of carbonyl (C=O) groups is 1. The number of carbonyl (C=O) groups excluding carboxylic acids is 1. The molecule has 0 radical (unpaired) electrons. The molecule has 0 atom stereocenters. The summed E-state index contributed by atoms with van der Waals surface area (Å²) in [7, 11) is 0. The van der Waals surface area contributed by atoms with Crippen LogP contribution in [0.15, 0.2) is 18.2 Å². The van der Waals surface area contributed by atoms with Crippen LogP contribution in [0.5, 0.6) is 0 Å². The van der Waals surface area contributed by atoms with Crippen molar-refractivity contribution in [2.45, 2.75) is 26.7 Å². The van der Waals surface area contributed by atoms with Crippen molar-refractivity contribution in [2.24, 2.45) is 11.1 Å². The smallest absolute Gasteiger partial charge is 0.292 e. The van der Waals surface area contributed by atoms with Gasteiger partial charge in [0.1, 0.15) is 5.69 Å². The first kappa shape index (κ1) is 16.9. The number of rotatable bonds is 8. The van der Waals surface area contributed by atoms with Crippen LogP contribution in [0.3, 0.4) is 0 Å². The van der Waals surface area contributed by atoms with Crippen molar-refractivity contribution in [3.05, 3.63) is 33.9 Å². The molecule has 0 spiro atoms. The molecule has 0 aliphatic rings. The van der Waals surface area contributed by atoms with Crippen LogP contribution in [-0.4, -0.2) is 29.1 Å². The molecule has 21 heavy (non-hydrogen) atoms. The highest BCUT2D eigenvalue weighted by Gasteiger charge is 2.21. The first-order chi connectivity index (χ1) is 9.76. The summed E-state index contributed by atoms with van der Waals surface area (Å²) in [5, 5.41) is 22.9. The lowest BCUT2D eigenvalue weighted by atomic mass is 9.88. The Hall–Kier alpha value is -2.15. The van der Waals surface area contributed by atoms with E-state index in [-0.39, 0.29) is 29.0 Å². The molecule has 0 aliphatic carbocycles. The molecule has 0 fully saturated rings. The third-order valence-corrected chi connectivity index (χ3v) is 3.25. The number of nitro benzene ring substituents is 1. The minimum atomic E-state index is -0.632. The lowest BCUT2D eigenvalue weighted by molar-refractivity contribution is -0.384. The average molecular weight is 295 g/mol. The first-order valence-electron chi connectivity index (χ1n) is 6.70. The molecule has 4 N–H and O–H groups in total. The lowest BCUT2D eigenvalue weighted by Gasteiger charge is -2.25. The number of benzene rings is 1. The van der Waals surface area contributed by atoms with Crippen molar-refractivity contribution in [2.75, 3.05) is 18.5 Å². The molecular weight excluding hydrogens is 274 g/mol. The monoisotopic (exact) mass is 295 g/mol. The molecule has 0 unspecified atom stereocenters. The summed E-state index contributed by atoms with van der Waals surface area (Å²) in [4.78, 5) is 21.7. The standard InChI is InChI=1S/C14H21N3O4/c1-14(2,6-3-7-18)9-16-11-8-10(13(15)19)4-5-12(11)17(20)21/h4-5,8,16,18H,3,6-7,9H2,1-2H3,(H2,15,19). The predicted molar refractivity (Wildman–Crippen MR) is 80.2 cm³/mol. The number of amides is 1. The molecule has 0 bridgehead atoms. The molecule has 7 heteroatoms. The van der Waals surface area contributed by atoms with Crippen LogP contribution in [0, 0.1) is 15.5 Å². The molecule has 0 aliphatic heterocycles. The summed E-state index contributed by atoms with van der Waals surface area (Å²) in [6.45, 7) is 4.59. The number of aliphatic hydroxyl groups excluding tert-OH is 1. The van der Waals surface area contributed by atoms with Crippen LogP contribution in [0.2, 0.25) is 0 Å². The maximum Gasteiger partial charge on any atom is 0.292 e. The number of nitrogens with two attached hydrogens (primary N) is 1.